The summed E-state index contributed by atoms with van der Waals surface area (Å²) >= 11 is 6.09. The van der Waals surface area contributed by atoms with Gasteiger partial charge < -0.3 is 10.2 Å². The average molecular weight is 309 g/mol. The molecule has 0 radical (unpaired) electrons. The van der Waals surface area contributed by atoms with E-state index in [1.807, 2.05) is 0 Å². The summed E-state index contributed by atoms with van der Waals surface area (Å²) in [6.45, 7) is 5.45. The minimum absolute atomic E-state index is 0.379. The molecular weight excluding hydrogens is 284 g/mol. The van der Waals surface area contributed by atoms with Gasteiger partial charge in [0.25, 0.3) is 0 Å². The third-order valence-electron chi connectivity index (χ3n) is 4.38. The van der Waals surface area contributed by atoms with Gasteiger partial charge in [0.1, 0.15) is 5.82 Å². The first-order valence-electron chi connectivity index (χ1n) is 8.26. The largest absolute Gasteiger partial charge is 0.355 e. The number of anilines is 1. The fourth-order valence-corrected chi connectivity index (χ4v) is 3.20. The topological polar surface area (TPSA) is 41.0 Å². The second-order valence-electron chi connectivity index (χ2n) is 6.37. The lowest BCUT2D eigenvalue weighted by molar-refractivity contribution is 0.414. The summed E-state index contributed by atoms with van der Waals surface area (Å²) in [6, 6.07) is 2.70. The zero-order valence-corrected chi connectivity index (χ0v) is 13.6. The molecule has 1 aliphatic heterocycles. The van der Waals surface area contributed by atoms with Gasteiger partial charge in [-0.05, 0) is 56.2 Å². The second kappa shape index (κ2) is 6.93. The molecule has 1 saturated heterocycles. The van der Waals surface area contributed by atoms with Crippen molar-refractivity contribution in [2.45, 2.75) is 51.5 Å². The van der Waals surface area contributed by atoms with Crippen molar-refractivity contribution in [2.24, 2.45) is 5.92 Å². The van der Waals surface area contributed by atoms with Gasteiger partial charge in [-0.1, -0.05) is 13.3 Å². The molecule has 116 valence electrons. The molecule has 2 fully saturated rings. The fourth-order valence-electron chi connectivity index (χ4n) is 3.00. The summed E-state index contributed by atoms with van der Waals surface area (Å²) in [4.78, 5) is 11.1. The van der Waals surface area contributed by atoms with Gasteiger partial charge in [0, 0.05) is 30.9 Å². The molecule has 0 aromatic carbocycles. The highest BCUT2D eigenvalue weighted by atomic mass is 35.5. The monoisotopic (exact) mass is 308 g/mol. The van der Waals surface area contributed by atoms with Crippen LogP contribution in [0.3, 0.4) is 0 Å². The predicted octanol–water partition coefficient (Wildman–Crippen LogP) is 3.05. The predicted molar refractivity (Wildman–Crippen MR) is 87.0 cm³/mol. The van der Waals surface area contributed by atoms with Gasteiger partial charge in [0.15, 0.2) is 0 Å². The number of nitrogens with zero attached hydrogens (tertiary/aromatic N) is 3. The van der Waals surface area contributed by atoms with Crippen LogP contribution in [0.15, 0.2) is 6.07 Å². The van der Waals surface area contributed by atoms with E-state index in [1.54, 1.807) is 0 Å². The molecule has 0 spiro atoms. The minimum Gasteiger partial charge on any atom is -0.355 e. The quantitative estimate of drug-likeness (QED) is 0.820. The van der Waals surface area contributed by atoms with Gasteiger partial charge in [-0.3, -0.25) is 0 Å². The van der Waals surface area contributed by atoms with Crippen molar-refractivity contribution in [3.05, 3.63) is 17.0 Å². The van der Waals surface area contributed by atoms with E-state index in [1.165, 1.54) is 32.2 Å². The minimum atomic E-state index is 0.379. The Hall–Kier alpha value is -0.870. The van der Waals surface area contributed by atoms with Gasteiger partial charge in [0.2, 0.25) is 5.28 Å². The third kappa shape index (κ3) is 4.30. The summed E-state index contributed by atoms with van der Waals surface area (Å²) < 4.78 is 0. The van der Waals surface area contributed by atoms with Crippen LogP contribution in [0.1, 0.15) is 44.7 Å². The van der Waals surface area contributed by atoms with E-state index in [2.05, 4.69) is 33.2 Å². The van der Waals surface area contributed by atoms with E-state index in [4.69, 9.17) is 11.6 Å². The zero-order chi connectivity index (χ0) is 14.7. The zero-order valence-electron chi connectivity index (χ0n) is 12.8. The number of nitrogens with one attached hydrogen (secondary N) is 1. The molecule has 0 bridgehead atoms. The fraction of sp³-hybridized carbons (Fsp3) is 0.750. The Bertz CT molecular complexity index is 475. The molecule has 1 N–H and O–H groups in total. The van der Waals surface area contributed by atoms with Gasteiger partial charge in [0.05, 0.1) is 0 Å². The highest BCUT2D eigenvalue weighted by molar-refractivity contribution is 6.28. The molecule has 0 amide bonds. The van der Waals surface area contributed by atoms with E-state index in [-0.39, 0.29) is 0 Å². The summed E-state index contributed by atoms with van der Waals surface area (Å²) in [7, 11) is 0. The average Bonchev–Trinajstić information content (AvgIpc) is 3.29. The van der Waals surface area contributed by atoms with Crippen molar-refractivity contribution in [1.29, 1.82) is 0 Å². The third-order valence-corrected chi connectivity index (χ3v) is 4.55. The van der Waals surface area contributed by atoms with Crippen LogP contribution < -0.4 is 10.2 Å². The molecule has 1 unspecified atom stereocenters. The normalized spacial score (nSPS) is 22.6. The van der Waals surface area contributed by atoms with E-state index in [0.29, 0.717) is 11.3 Å². The number of aryl methyl sites for hydroxylation is 1. The van der Waals surface area contributed by atoms with Crippen LogP contribution in [0, 0.1) is 5.92 Å². The Morgan fingerprint density at radius 3 is 2.95 bits per heavy atom. The van der Waals surface area contributed by atoms with E-state index in [0.717, 1.165) is 43.4 Å². The van der Waals surface area contributed by atoms with Crippen molar-refractivity contribution in [3.8, 4) is 0 Å². The van der Waals surface area contributed by atoms with Gasteiger partial charge >= 0.3 is 0 Å². The number of aromatic nitrogens is 2. The maximum atomic E-state index is 6.09. The first-order valence-corrected chi connectivity index (χ1v) is 8.64. The molecule has 1 saturated carbocycles. The summed E-state index contributed by atoms with van der Waals surface area (Å²) in [5.41, 5.74) is 1.06. The summed E-state index contributed by atoms with van der Waals surface area (Å²) in [6.07, 6.45) is 7.35. The van der Waals surface area contributed by atoms with E-state index in [9.17, 15) is 0 Å². The summed E-state index contributed by atoms with van der Waals surface area (Å²) in [5.74, 6) is 1.93. The van der Waals surface area contributed by atoms with E-state index >= 15 is 0 Å². The smallest absolute Gasteiger partial charge is 0.224 e. The van der Waals surface area contributed by atoms with Gasteiger partial charge in [-0.2, -0.15) is 0 Å². The summed E-state index contributed by atoms with van der Waals surface area (Å²) in [5, 5.41) is 4.10. The maximum Gasteiger partial charge on any atom is 0.224 e. The Morgan fingerprint density at radius 1 is 1.33 bits per heavy atom. The molecule has 4 nitrogen and oxygen atoms in total. The molecule has 1 aromatic heterocycles. The van der Waals surface area contributed by atoms with Crippen LogP contribution in [-0.2, 0) is 6.42 Å². The van der Waals surface area contributed by atoms with Crippen LogP contribution in [0.2, 0.25) is 5.28 Å². The van der Waals surface area contributed by atoms with Crippen molar-refractivity contribution >= 4 is 17.4 Å². The maximum absolute atomic E-state index is 6.09. The molecule has 21 heavy (non-hydrogen) atoms. The Labute approximate surface area is 132 Å². The second-order valence-corrected chi connectivity index (χ2v) is 6.71. The molecule has 2 aliphatic rings. The Morgan fingerprint density at radius 2 is 2.19 bits per heavy atom. The number of piperidine rings is 1. The molecule has 1 atom stereocenters. The molecule has 1 aromatic rings. The number of hydrogen-bond donors (Lipinski definition) is 1. The lowest BCUT2D eigenvalue weighted by Crippen LogP contribution is -2.46. The molecule has 1 aliphatic carbocycles. The van der Waals surface area contributed by atoms with Crippen molar-refractivity contribution < 1.29 is 0 Å². The number of halogens is 1. The first-order chi connectivity index (χ1) is 10.2. The highest BCUT2D eigenvalue weighted by Crippen LogP contribution is 2.28. The molecule has 5 heteroatoms. The van der Waals surface area contributed by atoms with Crippen molar-refractivity contribution in [1.82, 2.24) is 15.3 Å². The van der Waals surface area contributed by atoms with Crippen molar-refractivity contribution in [3.63, 3.8) is 0 Å². The molecular formula is C16H25ClN4. The molecule has 2 heterocycles. The van der Waals surface area contributed by atoms with Crippen molar-refractivity contribution in [2.75, 3.05) is 24.5 Å². The van der Waals surface area contributed by atoms with E-state index < -0.39 is 0 Å². The van der Waals surface area contributed by atoms with Crippen LogP contribution in [0.4, 0.5) is 5.82 Å². The first kappa shape index (κ1) is 15.0. The van der Waals surface area contributed by atoms with Crippen LogP contribution >= 0.6 is 11.6 Å². The number of hydrogen-bond acceptors (Lipinski definition) is 4. The van der Waals surface area contributed by atoms with Crippen LogP contribution in [-0.4, -0.2) is 35.6 Å². The van der Waals surface area contributed by atoms with Gasteiger partial charge in [-0.25, -0.2) is 9.97 Å². The number of rotatable bonds is 6. The van der Waals surface area contributed by atoms with Crippen LogP contribution in [0.25, 0.3) is 0 Å². The Kier molecular flexibility index (Phi) is 4.96. The highest BCUT2D eigenvalue weighted by Gasteiger charge is 2.25. The SMILES string of the molecule is CCCc1cc(N2CCCC(NCC3CC3)C2)nc(Cl)n1. The lowest BCUT2D eigenvalue weighted by Gasteiger charge is -2.34. The Balaban J connectivity index is 1.63. The standard InChI is InChI=1S/C16H25ClN4/c1-2-4-13-9-15(20-16(17)19-13)21-8-3-5-14(11-21)18-10-12-6-7-12/h9,12,14,18H,2-8,10-11H2,1H3. The molecule has 3 rings (SSSR count). The van der Waals surface area contributed by atoms with Crippen LogP contribution in [0.5, 0.6) is 0 Å². The lowest BCUT2D eigenvalue weighted by atomic mass is 10.1. The van der Waals surface area contributed by atoms with Gasteiger partial charge in [-0.15, -0.1) is 0 Å².